The van der Waals surface area contributed by atoms with E-state index in [2.05, 4.69) is 0 Å². The van der Waals surface area contributed by atoms with Crippen LogP contribution in [0.4, 0.5) is 17.6 Å². The number of benzene rings is 1. The van der Waals surface area contributed by atoms with Crippen LogP contribution in [-0.2, 0) is 11.0 Å². The fraction of sp³-hybridized carbons (Fsp3) is 0.200. The lowest BCUT2D eigenvalue weighted by atomic mass is 9.98. The average Bonchev–Trinajstić information content (AvgIpc) is 2.15. The predicted molar refractivity (Wildman–Crippen MR) is 47.4 cm³/mol. The second-order valence-corrected chi connectivity index (χ2v) is 3.17. The fourth-order valence-electron chi connectivity index (χ4n) is 1.21. The molecule has 0 aliphatic carbocycles. The Kier molecular flexibility index (Phi) is 3.36. The largest absolute Gasteiger partial charge is 0.480 e. The Morgan fingerprint density at radius 3 is 2.35 bits per heavy atom. The lowest BCUT2D eigenvalue weighted by molar-refractivity contribution is -0.139. The topological polar surface area (TPSA) is 61.1 Å². The second kappa shape index (κ2) is 4.41. The number of carbonyl (C=O) groups is 1. The van der Waals surface area contributed by atoms with Crippen molar-refractivity contribution in [2.45, 2.75) is 12.1 Å². The number of nitrogens with zero attached hydrogens (tertiary/aromatic N) is 1. The number of hydrogen-bond donors (Lipinski definition) is 1. The highest BCUT2D eigenvalue weighted by molar-refractivity contribution is 5.79. The van der Waals surface area contributed by atoms with E-state index in [0.717, 1.165) is 0 Å². The molecule has 0 saturated heterocycles. The van der Waals surface area contributed by atoms with Crippen LogP contribution in [0.15, 0.2) is 18.2 Å². The molecule has 0 aliphatic rings. The number of rotatable bonds is 2. The highest BCUT2D eigenvalue weighted by Crippen LogP contribution is 2.32. The molecule has 1 N–H and O–H groups in total. The van der Waals surface area contributed by atoms with Crippen LogP contribution in [0.5, 0.6) is 0 Å². The van der Waals surface area contributed by atoms with Crippen LogP contribution >= 0.6 is 0 Å². The summed E-state index contributed by atoms with van der Waals surface area (Å²) < 4.78 is 49.9. The monoisotopic (exact) mass is 247 g/mol. The molecule has 0 amide bonds. The van der Waals surface area contributed by atoms with E-state index in [0.29, 0.717) is 12.1 Å². The molecule has 7 heteroatoms. The summed E-state index contributed by atoms with van der Waals surface area (Å²) >= 11 is 0. The van der Waals surface area contributed by atoms with Crippen LogP contribution < -0.4 is 0 Å². The van der Waals surface area contributed by atoms with Crippen LogP contribution in [0, 0.1) is 17.1 Å². The third kappa shape index (κ3) is 2.93. The molecule has 0 fully saturated rings. The van der Waals surface area contributed by atoms with Gasteiger partial charge in [-0.1, -0.05) is 0 Å². The summed E-state index contributed by atoms with van der Waals surface area (Å²) in [4.78, 5) is 10.6. The van der Waals surface area contributed by atoms with Crippen LogP contribution in [-0.4, -0.2) is 11.1 Å². The van der Waals surface area contributed by atoms with Gasteiger partial charge in [0.25, 0.3) is 0 Å². The van der Waals surface area contributed by atoms with Crippen molar-refractivity contribution in [1.82, 2.24) is 0 Å². The molecule has 1 aromatic rings. The van der Waals surface area contributed by atoms with Gasteiger partial charge in [0.05, 0.1) is 11.6 Å². The van der Waals surface area contributed by atoms with E-state index < -0.39 is 35.0 Å². The van der Waals surface area contributed by atoms with E-state index in [-0.39, 0.29) is 6.07 Å². The van der Waals surface area contributed by atoms with Crippen LogP contribution in [0.25, 0.3) is 0 Å². The molecule has 0 aliphatic heterocycles. The van der Waals surface area contributed by atoms with Crippen molar-refractivity contribution in [3.05, 3.63) is 35.1 Å². The van der Waals surface area contributed by atoms with Crippen LogP contribution in [0.1, 0.15) is 17.0 Å². The number of halogens is 4. The zero-order valence-electron chi connectivity index (χ0n) is 8.12. The van der Waals surface area contributed by atoms with Gasteiger partial charge in [-0.3, -0.25) is 4.79 Å². The van der Waals surface area contributed by atoms with Gasteiger partial charge < -0.3 is 5.11 Å². The van der Waals surface area contributed by atoms with Crippen molar-refractivity contribution in [1.29, 1.82) is 5.26 Å². The van der Waals surface area contributed by atoms with Gasteiger partial charge in [0.2, 0.25) is 0 Å². The molecule has 3 nitrogen and oxygen atoms in total. The Morgan fingerprint density at radius 1 is 1.35 bits per heavy atom. The van der Waals surface area contributed by atoms with E-state index in [1.54, 1.807) is 0 Å². The fourth-order valence-corrected chi connectivity index (χ4v) is 1.21. The Balaban J connectivity index is 3.33. The van der Waals surface area contributed by atoms with Crippen molar-refractivity contribution < 1.29 is 27.5 Å². The number of alkyl halides is 3. The first-order valence-corrected chi connectivity index (χ1v) is 4.26. The SMILES string of the molecule is N#CC(C(=O)O)c1cc(F)cc(C(F)(F)F)c1. The van der Waals surface area contributed by atoms with Crippen molar-refractivity contribution >= 4 is 5.97 Å². The molecule has 0 spiro atoms. The minimum atomic E-state index is -4.80. The Morgan fingerprint density at radius 2 is 1.94 bits per heavy atom. The van der Waals surface area contributed by atoms with Gasteiger partial charge in [-0.2, -0.15) is 18.4 Å². The molecule has 0 aromatic heterocycles. The van der Waals surface area contributed by atoms with E-state index in [9.17, 15) is 22.4 Å². The van der Waals surface area contributed by atoms with Gasteiger partial charge >= 0.3 is 12.1 Å². The summed E-state index contributed by atoms with van der Waals surface area (Å²) in [5, 5.41) is 17.1. The standard InChI is InChI=1S/C10H5F4NO2/c11-7-2-5(8(4-15)9(16)17)1-6(3-7)10(12,13)14/h1-3,8H,(H,16,17). The van der Waals surface area contributed by atoms with Crippen LogP contribution in [0.3, 0.4) is 0 Å². The first kappa shape index (κ1) is 13.0. The summed E-state index contributed by atoms with van der Waals surface area (Å²) in [7, 11) is 0. The minimum absolute atomic E-state index is 0.236. The van der Waals surface area contributed by atoms with Crippen molar-refractivity contribution in [3.63, 3.8) is 0 Å². The number of carboxylic acids is 1. The van der Waals surface area contributed by atoms with Crippen molar-refractivity contribution in [2.75, 3.05) is 0 Å². The molecule has 0 radical (unpaired) electrons. The average molecular weight is 247 g/mol. The van der Waals surface area contributed by atoms with E-state index in [1.807, 2.05) is 0 Å². The van der Waals surface area contributed by atoms with Gasteiger partial charge in [0, 0.05) is 0 Å². The van der Waals surface area contributed by atoms with Crippen molar-refractivity contribution in [3.8, 4) is 6.07 Å². The summed E-state index contributed by atoms with van der Waals surface area (Å²) in [5.74, 6) is -4.70. The number of aliphatic carboxylic acids is 1. The lowest BCUT2D eigenvalue weighted by Gasteiger charge is -2.10. The Labute approximate surface area is 92.9 Å². The highest BCUT2D eigenvalue weighted by Gasteiger charge is 2.33. The third-order valence-electron chi connectivity index (χ3n) is 1.96. The Hall–Kier alpha value is -2.10. The summed E-state index contributed by atoms with van der Waals surface area (Å²) in [5.41, 5.74) is -1.86. The molecule has 90 valence electrons. The summed E-state index contributed by atoms with van der Waals surface area (Å²) in [6.07, 6.45) is -4.80. The highest BCUT2D eigenvalue weighted by atomic mass is 19.4. The molecule has 0 heterocycles. The van der Waals surface area contributed by atoms with E-state index >= 15 is 0 Å². The van der Waals surface area contributed by atoms with Gasteiger partial charge in [-0.05, 0) is 23.8 Å². The van der Waals surface area contributed by atoms with Gasteiger partial charge in [-0.25, -0.2) is 4.39 Å². The number of nitriles is 1. The molecule has 17 heavy (non-hydrogen) atoms. The van der Waals surface area contributed by atoms with Crippen molar-refractivity contribution in [2.24, 2.45) is 0 Å². The van der Waals surface area contributed by atoms with Gasteiger partial charge in [0.15, 0.2) is 5.92 Å². The third-order valence-corrected chi connectivity index (χ3v) is 1.96. The maximum absolute atomic E-state index is 12.9. The molecule has 1 unspecified atom stereocenters. The lowest BCUT2D eigenvalue weighted by Crippen LogP contribution is -2.12. The normalized spacial score (nSPS) is 12.9. The zero-order valence-corrected chi connectivity index (χ0v) is 8.12. The minimum Gasteiger partial charge on any atom is -0.480 e. The molecule has 0 saturated carbocycles. The summed E-state index contributed by atoms with van der Waals surface area (Å²) in [6, 6.07) is 2.57. The molecule has 1 aromatic carbocycles. The maximum Gasteiger partial charge on any atom is 0.416 e. The van der Waals surface area contributed by atoms with E-state index in [1.165, 1.54) is 6.07 Å². The van der Waals surface area contributed by atoms with Gasteiger partial charge in [-0.15, -0.1) is 0 Å². The number of carboxylic acid groups (broad SMARTS) is 1. The first-order valence-electron chi connectivity index (χ1n) is 4.26. The smallest absolute Gasteiger partial charge is 0.416 e. The predicted octanol–water partition coefficient (Wildman–Crippen LogP) is 2.54. The first-order chi connectivity index (χ1) is 7.75. The molecule has 1 atom stereocenters. The molecule has 1 rings (SSSR count). The van der Waals surface area contributed by atoms with Gasteiger partial charge in [0.1, 0.15) is 5.82 Å². The van der Waals surface area contributed by atoms with Crippen LogP contribution in [0.2, 0.25) is 0 Å². The second-order valence-electron chi connectivity index (χ2n) is 3.17. The molecule has 0 bridgehead atoms. The maximum atomic E-state index is 12.9. The molecular formula is C10H5F4NO2. The quantitative estimate of drug-likeness (QED) is 0.817. The zero-order chi connectivity index (χ0) is 13.2. The summed E-state index contributed by atoms with van der Waals surface area (Å²) in [6.45, 7) is 0. The Bertz CT molecular complexity index is 490. The number of hydrogen-bond acceptors (Lipinski definition) is 2. The molecular weight excluding hydrogens is 242 g/mol. The van der Waals surface area contributed by atoms with E-state index in [4.69, 9.17) is 10.4 Å².